The monoisotopic (exact) mass is 218 g/mol. The van der Waals surface area contributed by atoms with E-state index in [-0.39, 0.29) is 5.97 Å². The second-order valence-electron chi connectivity index (χ2n) is 1.96. The van der Waals surface area contributed by atoms with E-state index < -0.39 is 0 Å². The van der Waals surface area contributed by atoms with Crippen LogP contribution in [-0.2, 0) is 11.8 Å². The van der Waals surface area contributed by atoms with Gasteiger partial charge in [0, 0.05) is 7.05 Å². The minimum atomic E-state index is -0.384. The van der Waals surface area contributed by atoms with E-state index in [9.17, 15) is 4.79 Å². The Balaban J connectivity index is 3.04. The summed E-state index contributed by atoms with van der Waals surface area (Å²) in [5, 5.41) is 0. The van der Waals surface area contributed by atoms with Gasteiger partial charge in [0.25, 0.3) is 0 Å². The Morgan fingerprint density at radius 2 is 2.45 bits per heavy atom. The number of esters is 1. The molecule has 0 unspecified atom stereocenters. The molecule has 0 aliphatic heterocycles. The first kappa shape index (κ1) is 8.26. The summed E-state index contributed by atoms with van der Waals surface area (Å²) in [4.78, 5) is 14.8. The topological polar surface area (TPSA) is 44.1 Å². The van der Waals surface area contributed by atoms with E-state index in [1.54, 1.807) is 11.6 Å². The molecule has 1 heterocycles. The highest BCUT2D eigenvalue weighted by Crippen LogP contribution is 2.09. The maximum absolute atomic E-state index is 10.9. The molecule has 1 rings (SSSR count). The normalized spacial score (nSPS) is 9.73. The minimum absolute atomic E-state index is 0.384. The van der Waals surface area contributed by atoms with Crippen LogP contribution in [0.15, 0.2) is 10.9 Å². The number of imidazole rings is 1. The van der Waals surface area contributed by atoms with Gasteiger partial charge in [-0.15, -0.1) is 0 Å². The van der Waals surface area contributed by atoms with E-state index in [2.05, 4.69) is 25.7 Å². The maximum Gasteiger partial charge on any atom is 0.356 e. The number of hydrogen-bond donors (Lipinski definition) is 0. The Kier molecular flexibility index (Phi) is 2.28. The quantitative estimate of drug-likeness (QED) is 0.661. The number of ether oxygens (including phenoxy) is 1. The summed E-state index contributed by atoms with van der Waals surface area (Å²) in [5.74, 6) is -0.384. The van der Waals surface area contributed by atoms with Gasteiger partial charge in [0.15, 0.2) is 4.73 Å². The van der Waals surface area contributed by atoms with Gasteiger partial charge in [-0.2, -0.15) is 0 Å². The molecule has 0 saturated heterocycles. The molecular weight excluding hydrogens is 212 g/mol. The van der Waals surface area contributed by atoms with Crippen molar-refractivity contribution in [1.82, 2.24) is 9.55 Å². The lowest BCUT2D eigenvalue weighted by Gasteiger charge is -1.98. The van der Waals surface area contributed by atoms with Crippen LogP contribution in [0.2, 0.25) is 0 Å². The zero-order valence-corrected chi connectivity index (χ0v) is 7.75. The van der Waals surface area contributed by atoms with Crippen molar-refractivity contribution in [3.63, 3.8) is 0 Å². The molecule has 0 atom stereocenters. The van der Waals surface area contributed by atoms with Gasteiger partial charge in [-0.3, -0.25) is 0 Å². The number of rotatable bonds is 1. The Morgan fingerprint density at radius 3 is 2.82 bits per heavy atom. The number of halogens is 1. The van der Waals surface area contributed by atoms with Gasteiger partial charge < -0.3 is 9.30 Å². The minimum Gasteiger partial charge on any atom is -0.464 e. The zero-order chi connectivity index (χ0) is 8.43. The van der Waals surface area contributed by atoms with Gasteiger partial charge >= 0.3 is 5.97 Å². The first-order chi connectivity index (χ1) is 5.16. The fraction of sp³-hybridized carbons (Fsp3) is 0.333. The highest BCUT2D eigenvalue weighted by Gasteiger charge is 2.11. The summed E-state index contributed by atoms with van der Waals surface area (Å²) in [5.41, 5.74) is 0.430. The van der Waals surface area contributed by atoms with Gasteiger partial charge in [-0.25, -0.2) is 9.78 Å². The van der Waals surface area contributed by atoms with Crippen molar-refractivity contribution in [3.8, 4) is 0 Å². The lowest BCUT2D eigenvalue weighted by molar-refractivity contribution is 0.0589. The van der Waals surface area contributed by atoms with Crippen molar-refractivity contribution in [2.45, 2.75) is 0 Å². The third-order valence-corrected chi connectivity index (χ3v) is 2.06. The standard InChI is InChI=1S/C6H7BrN2O2/c1-9-4(5(10)11-2)3-8-6(9)7/h3H,1-2H3. The highest BCUT2D eigenvalue weighted by atomic mass is 79.9. The van der Waals surface area contributed by atoms with Crippen LogP contribution in [0.3, 0.4) is 0 Å². The van der Waals surface area contributed by atoms with Gasteiger partial charge in [0.2, 0.25) is 0 Å². The molecule has 0 bridgehead atoms. The van der Waals surface area contributed by atoms with Crippen LogP contribution >= 0.6 is 15.9 Å². The number of carbonyl (C=O) groups is 1. The number of methoxy groups -OCH3 is 1. The number of nitrogens with zero attached hydrogens (tertiary/aromatic N) is 2. The molecule has 0 fully saturated rings. The lowest BCUT2D eigenvalue weighted by Crippen LogP contribution is -2.07. The van der Waals surface area contributed by atoms with E-state index in [4.69, 9.17) is 0 Å². The summed E-state index contributed by atoms with van der Waals surface area (Å²) in [6.45, 7) is 0. The SMILES string of the molecule is COC(=O)c1cnc(Br)n1C. The molecule has 11 heavy (non-hydrogen) atoms. The lowest BCUT2D eigenvalue weighted by atomic mass is 10.5. The van der Waals surface area contributed by atoms with Crippen LogP contribution in [-0.4, -0.2) is 22.6 Å². The molecular formula is C6H7BrN2O2. The molecule has 0 N–H and O–H groups in total. The molecule has 0 radical (unpaired) electrons. The summed E-state index contributed by atoms with van der Waals surface area (Å²) in [7, 11) is 3.06. The fourth-order valence-corrected chi connectivity index (χ4v) is 0.975. The Morgan fingerprint density at radius 1 is 1.82 bits per heavy atom. The Labute approximate surface area is 72.3 Å². The van der Waals surface area contributed by atoms with Crippen LogP contribution in [0.4, 0.5) is 0 Å². The molecule has 60 valence electrons. The molecule has 0 saturated carbocycles. The Bertz CT molecular complexity index is 282. The predicted molar refractivity (Wildman–Crippen MR) is 42.2 cm³/mol. The number of aromatic nitrogens is 2. The van der Waals surface area contributed by atoms with E-state index in [1.165, 1.54) is 13.3 Å². The van der Waals surface area contributed by atoms with Crippen LogP contribution in [0.1, 0.15) is 10.5 Å². The van der Waals surface area contributed by atoms with E-state index in [1.807, 2.05) is 0 Å². The first-order valence-corrected chi connectivity index (χ1v) is 3.71. The molecule has 1 aromatic rings. The summed E-state index contributed by atoms with van der Waals surface area (Å²) in [6.07, 6.45) is 1.45. The van der Waals surface area contributed by atoms with E-state index in [0.717, 1.165) is 0 Å². The molecule has 1 aromatic heterocycles. The van der Waals surface area contributed by atoms with E-state index in [0.29, 0.717) is 10.4 Å². The summed E-state index contributed by atoms with van der Waals surface area (Å²) < 4.78 is 6.72. The van der Waals surface area contributed by atoms with Gasteiger partial charge in [0.05, 0.1) is 13.3 Å². The second kappa shape index (κ2) is 3.04. The van der Waals surface area contributed by atoms with Gasteiger partial charge in [-0.1, -0.05) is 0 Å². The van der Waals surface area contributed by atoms with Crippen molar-refractivity contribution in [3.05, 3.63) is 16.6 Å². The van der Waals surface area contributed by atoms with Crippen LogP contribution in [0.25, 0.3) is 0 Å². The van der Waals surface area contributed by atoms with Crippen molar-refractivity contribution >= 4 is 21.9 Å². The molecule has 4 nitrogen and oxygen atoms in total. The average molecular weight is 219 g/mol. The molecule has 0 spiro atoms. The Hall–Kier alpha value is -0.840. The maximum atomic E-state index is 10.9. The van der Waals surface area contributed by atoms with Crippen LogP contribution in [0.5, 0.6) is 0 Å². The molecule has 0 aliphatic rings. The molecule has 0 amide bonds. The molecule has 5 heteroatoms. The molecule has 0 aliphatic carbocycles. The van der Waals surface area contributed by atoms with Gasteiger partial charge in [0.1, 0.15) is 5.69 Å². The smallest absolute Gasteiger partial charge is 0.356 e. The molecule has 0 aromatic carbocycles. The summed E-state index contributed by atoms with van der Waals surface area (Å²) in [6, 6.07) is 0. The van der Waals surface area contributed by atoms with Crippen molar-refractivity contribution in [1.29, 1.82) is 0 Å². The summed E-state index contributed by atoms with van der Waals surface area (Å²) >= 11 is 3.16. The van der Waals surface area contributed by atoms with Crippen molar-refractivity contribution in [2.24, 2.45) is 7.05 Å². The fourth-order valence-electron chi connectivity index (χ4n) is 0.681. The third-order valence-electron chi connectivity index (χ3n) is 1.33. The predicted octanol–water partition coefficient (Wildman–Crippen LogP) is 0.969. The van der Waals surface area contributed by atoms with Gasteiger partial charge in [-0.05, 0) is 15.9 Å². The second-order valence-corrected chi connectivity index (χ2v) is 2.67. The highest BCUT2D eigenvalue weighted by molar-refractivity contribution is 9.10. The first-order valence-electron chi connectivity index (χ1n) is 2.92. The van der Waals surface area contributed by atoms with Crippen LogP contribution in [0, 0.1) is 0 Å². The van der Waals surface area contributed by atoms with Crippen LogP contribution < -0.4 is 0 Å². The third kappa shape index (κ3) is 1.42. The van der Waals surface area contributed by atoms with Crippen molar-refractivity contribution < 1.29 is 9.53 Å². The van der Waals surface area contributed by atoms with Crippen molar-refractivity contribution in [2.75, 3.05) is 7.11 Å². The average Bonchev–Trinajstić information content (AvgIpc) is 2.32. The zero-order valence-electron chi connectivity index (χ0n) is 6.17. The van der Waals surface area contributed by atoms with E-state index >= 15 is 0 Å². The number of hydrogen-bond acceptors (Lipinski definition) is 3. The largest absolute Gasteiger partial charge is 0.464 e. The number of carbonyl (C=O) groups excluding carboxylic acids is 1.